The maximum atomic E-state index is 13.0. The molecule has 0 saturated carbocycles. The van der Waals surface area contributed by atoms with Crippen LogP contribution in [0, 0.1) is 12.7 Å². The van der Waals surface area contributed by atoms with Crippen LogP contribution in [0.2, 0.25) is 0 Å². The summed E-state index contributed by atoms with van der Waals surface area (Å²) in [6, 6.07) is 12.6. The molecule has 0 atom stereocenters. The van der Waals surface area contributed by atoms with E-state index in [2.05, 4.69) is 4.72 Å². The number of likely N-dealkylation sites (tertiary alicyclic amines) is 1. The molecule has 2 aromatic rings. The number of hydrogen-bond acceptors (Lipinski definition) is 4. The predicted molar refractivity (Wildman–Crippen MR) is 108 cm³/mol. The largest absolute Gasteiger partial charge is 0.342 e. The van der Waals surface area contributed by atoms with Gasteiger partial charge in [0.05, 0.1) is 10.6 Å². The minimum absolute atomic E-state index is 0.0434. The number of aryl methyl sites for hydroxylation is 1. The Labute approximate surface area is 169 Å². The van der Waals surface area contributed by atoms with Crippen molar-refractivity contribution in [2.75, 3.05) is 18.8 Å². The smallest absolute Gasteiger partial charge is 0.240 e. The lowest BCUT2D eigenvalue weighted by Gasteiger charge is -2.32. The molecule has 1 amide bonds. The molecular weight excluding hydrogens is 399 g/mol. The maximum Gasteiger partial charge on any atom is 0.240 e. The van der Waals surface area contributed by atoms with Crippen LogP contribution in [-0.4, -0.2) is 44.1 Å². The van der Waals surface area contributed by atoms with Crippen LogP contribution in [-0.2, 0) is 14.8 Å². The van der Waals surface area contributed by atoms with Crippen molar-refractivity contribution < 1.29 is 17.6 Å². The van der Waals surface area contributed by atoms with Crippen molar-refractivity contribution in [2.24, 2.45) is 0 Å². The highest BCUT2D eigenvalue weighted by Gasteiger charge is 2.26. The second-order valence-electron chi connectivity index (χ2n) is 6.83. The Morgan fingerprint density at radius 2 is 1.71 bits per heavy atom. The van der Waals surface area contributed by atoms with Crippen LogP contribution >= 0.6 is 11.8 Å². The van der Waals surface area contributed by atoms with E-state index in [0.717, 1.165) is 17.0 Å². The molecule has 0 spiro atoms. The summed E-state index contributed by atoms with van der Waals surface area (Å²) < 4.78 is 40.4. The van der Waals surface area contributed by atoms with Crippen molar-refractivity contribution in [1.29, 1.82) is 0 Å². The predicted octanol–water partition coefficient (Wildman–Crippen LogP) is 3.20. The van der Waals surface area contributed by atoms with Gasteiger partial charge in [-0.2, -0.15) is 0 Å². The lowest BCUT2D eigenvalue weighted by Crippen LogP contribution is -2.47. The van der Waals surface area contributed by atoms with E-state index >= 15 is 0 Å². The zero-order valence-corrected chi connectivity index (χ0v) is 17.2. The molecule has 1 N–H and O–H groups in total. The highest BCUT2D eigenvalue weighted by Crippen LogP contribution is 2.21. The van der Waals surface area contributed by atoms with Gasteiger partial charge >= 0.3 is 0 Å². The molecule has 28 heavy (non-hydrogen) atoms. The summed E-state index contributed by atoms with van der Waals surface area (Å²) in [4.78, 5) is 15.3. The van der Waals surface area contributed by atoms with Gasteiger partial charge < -0.3 is 4.90 Å². The number of benzene rings is 2. The molecule has 1 fully saturated rings. The first kappa shape index (κ1) is 20.8. The lowest BCUT2D eigenvalue weighted by atomic mass is 10.1. The van der Waals surface area contributed by atoms with E-state index in [9.17, 15) is 17.6 Å². The average Bonchev–Trinajstić information content (AvgIpc) is 2.68. The summed E-state index contributed by atoms with van der Waals surface area (Å²) in [6.45, 7) is 3.06. The molecule has 3 rings (SSSR count). The molecule has 0 aliphatic carbocycles. The summed E-state index contributed by atoms with van der Waals surface area (Å²) >= 11 is 1.51. The van der Waals surface area contributed by atoms with E-state index in [1.807, 2.05) is 31.2 Å². The van der Waals surface area contributed by atoms with Gasteiger partial charge in [0.1, 0.15) is 5.82 Å². The van der Waals surface area contributed by atoms with E-state index in [4.69, 9.17) is 0 Å². The van der Waals surface area contributed by atoms with E-state index in [0.29, 0.717) is 31.7 Å². The first-order chi connectivity index (χ1) is 13.3. The third-order valence-corrected chi connectivity index (χ3v) is 7.21. The summed E-state index contributed by atoms with van der Waals surface area (Å²) in [6.07, 6.45) is 1.11. The van der Waals surface area contributed by atoms with Crippen LogP contribution in [0.3, 0.4) is 0 Å². The second kappa shape index (κ2) is 9.07. The van der Waals surface area contributed by atoms with Crippen molar-refractivity contribution in [2.45, 2.75) is 35.6 Å². The number of rotatable bonds is 6. The second-order valence-corrected chi connectivity index (χ2v) is 9.59. The molecule has 5 nitrogen and oxygen atoms in total. The van der Waals surface area contributed by atoms with Gasteiger partial charge in [-0.1, -0.05) is 17.7 Å². The van der Waals surface area contributed by atoms with Crippen molar-refractivity contribution in [1.82, 2.24) is 9.62 Å². The Balaban J connectivity index is 1.47. The number of carbonyl (C=O) groups excluding carboxylic acids is 1. The monoisotopic (exact) mass is 422 g/mol. The minimum atomic E-state index is -3.69. The molecule has 1 heterocycles. The summed E-state index contributed by atoms with van der Waals surface area (Å²) in [5.74, 6) is -0.0469. The number of piperidine rings is 1. The fraction of sp³-hybridized carbons (Fsp3) is 0.350. The van der Waals surface area contributed by atoms with Crippen LogP contribution < -0.4 is 4.72 Å². The van der Waals surface area contributed by atoms with Gasteiger partial charge in [0.2, 0.25) is 15.9 Å². The van der Waals surface area contributed by atoms with Crippen molar-refractivity contribution in [3.63, 3.8) is 0 Å². The quantitative estimate of drug-likeness (QED) is 0.726. The van der Waals surface area contributed by atoms with Crippen LogP contribution in [0.25, 0.3) is 0 Å². The number of hydrogen-bond donors (Lipinski definition) is 1. The molecule has 1 saturated heterocycles. The molecule has 0 unspecified atom stereocenters. The Bertz CT molecular complexity index is 907. The van der Waals surface area contributed by atoms with Crippen molar-refractivity contribution in [3.05, 3.63) is 59.9 Å². The first-order valence-electron chi connectivity index (χ1n) is 9.09. The van der Waals surface area contributed by atoms with Crippen LogP contribution in [0.1, 0.15) is 18.4 Å². The highest BCUT2D eigenvalue weighted by molar-refractivity contribution is 8.00. The minimum Gasteiger partial charge on any atom is -0.342 e. The summed E-state index contributed by atoms with van der Waals surface area (Å²) in [7, 11) is -3.69. The van der Waals surface area contributed by atoms with Crippen molar-refractivity contribution in [3.8, 4) is 0 Å². The molecule has 1 aliphatic heterocycles. The Hall–Kier alpha value is -1.90. The van der Waals surface area contributed by atoms with E-state index < -0.39 is 15.8 Å². The molecular formula is C20H23FN2O3S2. The third-order valence-electron chi connectivity index (χ3n) is 4.68. The standard InChI is InChI=1S/C20H23FN2O3S2/c1-15-2-6-18(7-3-15)27-14-20(24)23-12-10-17(11-13-23)22-28(25,26)19-8-4-16(21)5-9-19/h2-9,17,22H,10-14H2,1H3. The summed E-state index contributed by atoms with van der Waals surface area (Å²) in [5.41, 5.74) is 1.18. The van der Waals surface area contributed by atoms with Gasteiger partial charge in [-0.25, -0.2) is 17.5 Å². The number of carbonyl (C=O) groups is 1. The Kier molecular flexibility index (Phi) is 6.74. The van der Waals surface area contributed by atoms with Crippen LogP contribution in [0.4, 0.5) is 4.39 Å². The molecule has 8 heteroatoms. The number of amides is 1. The first-order valence-corrected chi connectivity index (χ1v) is 11.6. The molecule has 0 bridgehead atoms. The van der Waals surface area contributed by atoms with Gasteiger partial charge in [-0.05, 0) is 56.2 Å². The topological polar surface area (TPSA) is 66.5 Å². The molecule has 1 aliphatic rings. The zero-order valence-electron chi connectivity index (χ0n) is 15.6. The maximum absolute atomic E-state index is 13.0. The molecule has 2 aromatic carbocycles. The lowest BCUT2D eigenvalue weighted by molar-refractivity contribution is -0.129. The number of sulfonamides is 1. The van der Waals surface area contributed by atoms with E-state index in [1.165, 1.54) is 29.5 Å². The number of thioether (sulfide) groups is 1. The van der Waals surface area contributed by atoms with E-state index in [-0.39, 0.29) is 16.8 Å². The Morgan fingerprint density at radius 3 is 2.32 bits per heavy atom. The number of halogens is 1. The van der Waals surface area contributed by atoms with Gasteiger partial charge in [-0.15, -0.1) is 11.8 Å². The summed E-state index contributed by atoms with van der Waals surface area (Å²) in [5, 5.41) is 0. The van der Waals surface area contributed by atoms with Gasteiger partial charge in [-0.3, -0.25) is 4.79 Å². The number of nitrogens with zero attached hydrogens (tertiary/aromatic N) is 1. The Morgan fingerprint density at radius 1 is 1.11 bits per heavy atom. The molecule has 150 valence electrons. The average molecular weight is 423 g/mol. The number of nitrogens with one attached hydrogen (secondary N) is 1. The zero-order chi connectivity index (χ0) is 20.1. The molecule has 0 radical (unpaired) electrons. The third kappa shape index (κ3) is 5.56. The van der Waals surface area contributed by atoms with Crippen LogP contribution in [0.15, 0.2) is 58.3 Å². The normalized spacial score (nSPS) is 15.6. The van der Waals surface area contributed by atoms with Gasteiger partial charge in [0.25, 0.3) is 0 Å². The fourth-order valence-electron chi connectivity index (χ4n) is 3.02. The van der Waals surface area contributed by atoms with E-state index in [1.54, 1.807) is 4.90 Å². The fourth-order valence-corrected chi connectivity index (χ4v) is 5.13. The van der Waals surface area contributed by atoms with Gasteiger partial charge in [0, 0.05) is 24.0 Å². The molecule has 0 aromatic heterocycles. The van der Waals surface area contributed by atoms with Crippen molar-refractivity contribution >= 4 is 27.7 Å². The van der Waals surface area contributed by atoms with Crippen LogP contribution in [0.5, 0.6) is 0 Å². The SMILES string of the molecule is Cc1ccc(SCC(=O)N2CCC(NS(=O)(=O)c3ccc(F)cc3)CC2)cc1. The highest BCUT2D eigenvalue weighted by atomic mass is 32.2. The van der Waals surface area contributed by atoms with Gasteiger partial charge in [0.15, 0.2) is 0 Å².